The Morgan fingerprint density at radius 1 is 0.963 bits per heavy atom. The Hall–Kier alpha value is -2.41. The maximum absolute atomic E-state index is 12.9. The van der Waals surface area contributed by atoms with Crippen molar-refractivity contribution in [1.82, 2.24) is 10.6 Å². The van der Waals surface area contributed by atoms with Gasteiger partial charge in [-0.3, -0.25) is 4.99 Å². The second-order valence-corrected chi connectivity index (χ2v) is 8.25. The molecule has 2 N–H and O–H groups in total. The molecule has 0 aliphatic heterocycles. The van der Waals surface area contributed by atoms with E-state index >= 15 is 0 Å². The Morgan fingerprint density at radius 3 is 2.15 bits per heavy atom. The molecule has 7 heteroatoms. The van der Waals surface area contributed by atoms with Crippen molar-refractivity contribution in [1.29, 1.82) is 0 Å². The maximum atomic E-state index is 12.9. The zero-order chi connectivity index (χ0) is 19.7. The molecule has 0 unspecified atom stereocenters. The summed E-state index contributed by atoms with van der Waals surface area (Å²) in [4.78, 5) is 4.86. The molecule has 0 saturated heterocycles. The first kappa shape index (κ1) is 20.9. The molecule has 0 radical (unpaired) electrons. The molecule has 0 bridgehead atoms. The summed E-state index contributed by atoms with van der Waals surface area (Å²) in [6.07, 6.45) is 2.70. The van der Waals surface area contributed by atoms with Crippen LogP contribution in [0.5, 0.6) is 0 Å². The largest absolute Gasteiger partial charge is 0.357 e. The van der Waals surface area contributed by atoms with Gasteiger partial charge in [0.05, 0.1) is 4.90 Å². The van der Waals surface area contributed by atoms with Crippen molar-refractivity contribution in [3.05, 3.63) is 65.5 Å². The number of guanidine groups is 1. The SMILES string of the molecule is CCNC(=NCCc1ccc(F)cc1)NCCc1ccc(S(C)(=O)=O)cc1. The highest BCUT2D eigenvalue weighted by Crippen LogP contribution is 2.10. The van der Waals surface area contributed by atoms with Crippen molar-refractivity contribution >= 4 is 15.8 Å². The van der Waals surface area contributed by atoms with Crippen molar-refractivity contribution < 1.29 is 12.8 Å². The van der Waals surface area contributed by atoms with Crippen LogP contribution < -0.4 is 10.6 Å². The lowest BCUT2D eigenvalue weighted by Gasteiger charge is -2.11. The van der Waals surface area contributed by atoms with Crippen molar-refractivity contribution in [2.45, 2.75) is 24.7 Å². The monoisotopic (exact) mass is 391 g/mol. The second-order valence-electron chi connectivity index (χ2n) is 6.23. The number of hydrogen-bond acceptors (Lipinski definition) is 3. The third-order valence-electron chi connectivity index (χ3n) is 3.99. The topological polar surface area (TPSA) is 70.6 Å². The van der Waals surface area contributed by atoms with Crippen LogP contribution >= 0.6 is 0 Å². The normalized spacial score (nSPS) is 12.0. The third kappa shape index (κ3) is 7.38. The highest BCUT2D eigenvalue weighted by Gasteiger charge is 2.06. The lowest BCUT2D eigenvalue weighted by Crippen LogP contribution is -2.38. The zero-order valence-electron chi connectivity index (χ0n) is 15.7. The molecular formula is C20H26FN3O2S. The molecule has 2 aromatic rings. The van der Waals surface area contributed by atoms with Gasteiger partial charge in [0.1, 0.15) is 5.82 Å². The van der Waals surface area contributed by atoms with Crippen LogP contribution in [0.2, 0.25) is 0 Å². The van der Waals surface area contributed by atoms with Crippen LogP contribution in [0.3, 0.4) is 0 Å². The third-order valence-corrected chi connectivity index (χ3v) is 5.11. The van der Waals surface area contributed by atoms with Gasteiger partial charge in [0.2, 0.25) is 0 Å². The summed E-state index contributed by atoms with van der Waals surface area (Å²) in [7, 11) is -3.16. The molecule has 2 rings (SSSR count). The van der Waals surface area contributed by atoms with Gasteiger partial charge in [0.15, 0.2) is 15.8 Å². The van der Waals surface area contributed by atoms with E-state index in [-0.39, 0.29) is 5.82 Å². The minimum Gasteiger partial charge on any atom is -0.357 e. The predicted molar refractivity (Wildman–Crippen MR) is 107 cm³/mol. The van der Waals surface area contributed by atoms with Gasteiger partial charge in [-0.25, -0.2) is 12.8 Å². The molecule has 0 aliphatic carbocycles. The molecule has 146 valence electrons. The first-order valence-electron chi connectivity index (χ1n) is 8.94. The van der Waals surface area contributed by atoms with E-state index in [1.54, 1.807) is 24.3 Å². The summed E-state index contributed by atoms with van der Waals surface area (Å²) in [6.45, 7) is 4.04. The first-order chi connectivity index (χ1) is 12.9. The molecule has 5 nitrogen and oxygen atoms in total. The van der Waals surface area contributed by atoms with Crippen LogP contribution in [-0.4, -0.2) is 40.3 Å². The Kier molecular flexibility index (Phi) is 7.79. The Labute approximate surface area is 160 Å². The fourth-order valence-electron chi connectivity index (χ4n) is 2.52. The van der Waals surface area contributed by atoms with Gasteiger partial charge < -0.3 is 10.6 Å². The van der Waals surface area contributed by atoms with Gasteiger partial charge in [-0.05, 0) is 55.2 Å². The van der Waals surface area contributed by atoms with Crippen LogP contribution in [0.4, 0.5) is 4.39 Å². The number of aliphatic imine (C=N–C) groups is 1. The van der Waals surface area contributed by atoms with Crippen LogP contribution in [0.1, 0.15) is 18.1 Å². The van der Waals surface area contributed by atoms with Crippen LogP contribution in [0.15, 0.2) is 58.4 Å². The number of hydrogen-bond donors (Lipinski definition) is 2. The summed E-state index contributed by atoms with van der Waals surface area (Å²) >= 11 is 0. The molecule has 0 heterocycles. The Morgan fingerprint density at radius 2 is 1.56 bits per heavy atom. The molecule has 2 aromatic carbocycles. The summed E-state index contributed by atoms with van der Waals surface area (Å²) in [6, 6.07) is 13.4. The van der Waals surface area contributed by atoms with Gasteiger partial charge >= 0.3 is 0 Å². The quantitative estimate of drug-likeness (QED) is 0.536. The fraction of sp³-hybridized carbons (Fsp3) is 0.350. The minimum atomic E-state index is -3.16. The van der Waals surface area contributed by atoms with E-state index in [0.717, 1.165) is 36.5 Å². The summed E-state index contributed by atoms with van der Waals surface area (Å²) in [5.41, 5.74) is 2.10. The van der Waals surface area contributed by atoms with Crippen LogP contribution in [0.25, 0.3) is 0 Å². The summed E-state index contributed by atoms with van der Waals surface area (Å²) in [5, 5.41) is 6.46. The van der Waals surface area contributed by atoms with E-state index in [1.807, 2.05) is 19.1 Å². The van der Waals surface area contributed by atoms with Gasteiger partial charge in [-0.15, -0.1) is 0 Å². The Bertz CT molecular complexity index is 848. The van der Waals surface area contributed by atoms with Crippen molar-refractivity contribution in [2.75, 3.05) is 25.9 Å². The average Bonchev–Trinajstić information content (AvgIpc) is 2.63. The number of rotatable bonds is 8. The lowest BCUT2D eigenvalue weighted by molar-refractivity contribution is 0.602. The summed E-state index contributed by atoms with van der Waals surface area (Å²) in [5.74, 6) is 0.495. The highest BCUT2D eigenvalue weighted by atomic mass is 32.2. The molecule has 0 aromatic heterocycles. The molecule has 0 aliphatic rings. The highest BCUT2D eigenvalue weighted by molar-refractivity contribution is 7.90. The van der Waals surface area contributed by atoms with Crippen LogP contribution in [-0.2, 0) is 22.7 Å². The van der Waals surface area contributed by atoms with E-state index in [9.17, 15) is 12.8 Å². The van der Waals surface area contributed by atoms with Gasteiger partial charge in [-0.2, -0.15) is 0 Å². The van der Waals surface area contributed by atoms with E-state index < -0.39 is 9.84 Å². The number of sulfone groups is 1. The number of benzene rings is 2. The van der Waals surface area contributed by atoms with Crippen molar-refractivity contribution in [2.24, 2.45) is 4.99 Å². The first-order valence-corrected chi connectivity index (χ1v) is 10.8. The predicted octanol–water partition coefficient (Wildman–Crippen LogP) is 2.57. The van der Waals surface area contributed by atoms with Crippen LogP contribution in [0, 0.1) is 5.82 Å². The van der Waals surface area contributed by atoms with Crippen molar-refractivity contribution in [3.63, 3.8) is 0 Å². The summed E-state index contributed by atoms with van der Waals surface area (Å²) < 4.78 is 35.9. The standard InChI is InChI=1S/C20H26FN3O2S/c1-3-22-20(23-14-12-16-4-8-18(21)9-5-16)24-15-13-17-6-10-19(11-7-17)27(2,25)26/h4-11H,3,12-15H2,1-2H3,(H2,22,23,24). The molecule has 0 fully saturated rings. The molecule has 0 amide bonds. The van der Waals surface area contributed by atoms with Gasteiger partial charge in [0, 0.05) is 25.9 Å². The molecule has 27 heavy (non-hydrogen) atoms. The molecule has 0 atom stereocenters. The number of nitrogens with one attached hydrogen (secondary N) is 2. The second kappa shape index (κ2) is 10.1. The average molecular weight is 392 g/mol. The van der Waals surface area contributed by atoms with E-state index in [0.29, 0.717) is 18.0 Å². The fourth-order valence-corrected chi connectivity index (χ4v) is 3.15. The molecular weight excluding hydrogens is 365 g/mol. The zero-order valence-corrected chi connectivity index (χ0v) is 16.5. The lowest BCUT2D eigenvalue weighted by atomic mass is 10.1. The van der Waals surface area contributed by atoms with Gasteiger partial charge in [-0.1, -0.05) is 24.3 Å². The van der Waals surface area contributed by atoms with Gasteiger partial charge in [0.25, 0.3) is 0 Å². The van der Waals surface area contributed by atoms with E-state index in [1.165, 1.54) is 18.4 Å². The van der Waals surface area contributed by atoms with E-state index in [2.05, 4.69) is 15.6 Å². The van der Waals surface area contributed by atoms with E-state index in [4.69, 9.17) is 0 Å². The number of nitrogens with zero attached hydrogens (tertiary/aromatic N) is 1. The smallest absolute Gasteiger partial charge is 0.191 e. The molecule has 0 spiro atoms. The maximum Gasteiger partial charge on any atom is 0.191 e. The molecule has 0 saturated carbocycles. The Balaban J connectivity index is 1.83. The number of halogens is 1. The van der Waals surface area contributed by atoms with Crippen molar-refractivity contribution in [3.8, 4) is 0 Å². The minimum absolute atomic E-state index is 0.234.